The van der Waals surface area contributed by atoms with Crippen molar-refractivity contribution in [2.24, 2.45) is 0 Å². The molecular formula is C30H35N5O3. The van der Waals surface area contributed by atoms with Gasteiger partial charge in [-0.2, -0.15) is 0 Å². The number of likely N-dealkylation sites (tertiary alicyclic amines) is 1. The Morgan fingerprint density at radius 1 is 0.921 bits per heavy atom. The highest BCUT2D eigenvalue weighted by atomic mass is 16.5. The van der Waals surface area contributed by atoms with E-state index in [1.54, 1.807) is 6.20 Å². The van der Waals surface area contributed by atoms with Gasteiger partial charge < -0.3 is 20.3 Å². The van der Waals surface area contributed by atoms with E-state index in [0.29, 0.717) is 31.6 Å². The Balaban J connectivity index is 1.17. The van der Waals surface area contributed by atoms with Crippen molar-refractivity contribution in [1.82, 2.24) is 15.2 Å². The summed E-state index contributed by atoms with van der Waals surface area (Å²) in [5, 5.41) is 5.79. The van der Waals surface area contributed by atoms with E-state index in [1.165, 1.54) is 31.2 Å². The van der Waals surface area contributed by atoms with Crippen LogP contribution in [0.4, 0.5) is 16.2 Å². The van der Waals surface area contributed by atoms with Gasteiger partial charge in [0, 0.05) is 55.9 Å². The number of ether oxygens (including phenoxy) is 1. The van der Waals surface area contributed by atoms with E-state index in [9.17, 15) is 9.59 Å². The van der Waals surface area contributed by atoms with Gasteiger partial charge in [-0.05, 0) is 67.6 Å². The minimum atomic E-state index is -1.05. The average Bonchev–Trinajstić information content (AvgIpc) is 3.50. The fourth-order valence-corrected chi connectivity index (χ4v) is 5.35. The third kappa shape index (κ3) is 5.97. The van der Waals surface area contributed by atoms with E-state index in [-0.39, 0.29) is 0 Å². The van der Waals surface area contributed by atoms with Crippen LogP contribution in [-0.4, -0.2) is 60.7 Å². The van der Waals surface area contributed by atoms with E-state index in [4.69, 9.17) is 4.74 Å². The zero-order valence-electron chi connectivity index (χ0n) is 21.9. The number of benzene rings is 2. The summed E-state index contributed by atoms with van der Waals surface area (Å²) in [6.45, 7) is 4.45. The van der Waals surface area contributed by atoms with E-state index < -0.39 is 17.5 Å². The molecule has 0 aliphatic carbocycles. The van der Waals surface area contributed by atoms with Gasteiger partial charge in [-0.3, -0.25) is 9.88 Å². The van der Waals surface area contributed by atoms with Crippen LogP contribution < -0.4 is 15.5 Å². The maximum absolute atomic E-state index is 12.9. The number of carbonyl (C=O) groups is 2. The first-order valence-electron chi connectivity index (χ1n) is 13.3. The number of hydrogen-bond donors (Lipinski definition) is 2. The number of carbonyl (C=O) groups excluding carboxylic acids is 2. The van der Waals surface area contributed by atoms with Gasteiger partial charge in [0.05, 0.1) is 12.8 Å². The number of aromatic nitrogens is 1. The number of pyridine rings is 1. The number of methoxy groups -OCH3 is 1. The first kappa shape index (κ1) is 25.7. The summed E-state index contributed by atoms with van der Waals surface area (Å²) in [5.74, 6) is -0.409. The lowest BCUT2D eigenvalue weighted by atomic mass is 9.87. The number of piperidine rings is 1. The van der Waals surface area contributed by atoms with Crippen LogP contribution in [0.3, 0.4) is 0 Å². The van der Waals surface area contributed by atoms with E-state index in [2.05, 4.69) is 49.7 Å². The molecule has 2 fully saturated rings. The summed E-state index contributed by atoms with van der Waals surface area (Å²) in [4.78, 5) is 34.8. The number of amides is 2. The lowest BCUT2D eigenvalue weighted by Crippen LogP contribution is -2.61. The number of anilines is 2. The quantitative estimate of drug-likeness (QED) is 0.446. The van der Waals surface area contributed by atoms with Crippen molar-refractivity contribution in [1.29, 1.82) is 0 Å². The maximum atomic E-state index is 12.9. The van der Waals surface area contributed by atoms with Crippen molar-refractivity contribution in [3.8, 4) is 11.3 Å². The van der Waals surface area contributed by atoms with Crippen molar-refractivity contribution in [3.63, 3.8) is 0 Å². The predicted molar refractivity (Wildman–Crippen MR) is 149 cm³/mol. The standard InChI is InChI=1S/C30H35N5O3/c1-38-28(36)30(33-29(37)32-25-11-9-24(10-12-25)27-6-2-3-17-31-27)15-20-34(21-16-30)22-23-7-13-26(14-8-23)35-18-4-5-19-35/h2-3,6-14,17H,4-5,15-16,18-22H2,1H3,(H2,32,33,37). The fraction of sp³-hybridized carbons (Fsp3) is 0.367. The molecule has 38 heavy (non-hydrogen) atoms. The first-order chi connectivity index (χ1) is 18.5. The third-order valence-electron chi connectivity index (χ3n) is 7.56. The number of nitrogens with one attached hydrogen (secondary N) is 2. The molecular weight excluding hydrogens is 478 g/mol. The molecule has 198 valence electrons. The molecule has 0 unspecified atom stereocenters. The Morgan fingerprint density at radius 2 is 1.63 bits per heavy atom. The smallest absolute Gasteiger partial charge is 0.331 e. The minimum Gasteiger partial charge on any atom is -0.467 e. The summed E-state index contributed by atoms with van der Waals surface area (Å²) < 4.78 is 5.11. The molecule has 8 heteroatoms. The van der Waals surface area contributed by atoms with Crippen LogP contribution in [0.2, 0.25) is 0 Å². The Hall–Kier alpha value is -3.91. The second kappa shape index (κ2) is 11.6. The van der Waals surface area contributed by atoms with Gasteiger partial charge in [0.25, 0.3) is 0 Å². The van der Waals surface area contributed by atoms with Crippen LogP contribution in [0.1, 0.15) is 31.2 Å². The molecule has 2 saturated heterocycles. The highest BCUT2D eigenvalue weighted by Crippen LogP contribution is 2.27. The molecule has 3 aromatic rings. The maximum Gasteiger partial charge on any atom is 0.331 e. The molecule has 0 bridgehead atoms. The molecule has 0 atom stereocenters. The summed E-state index contributed by atoms with van der Waals surface area (Å²) in [6, 6.07) is 21.6. The summed E-state index contributed by atoms with van der Waals surface area (Å²) in [6.07, 6.45) is 5.25. The molecule has 5 rings (SSSR count). The third-order valence-corrected chi connectivity index (χ3v) is 7.56. The lowest BCUT2D eigenvalue weighted by molar-refractivity contribution is -0.150. The highest BCUT2D eigenvalue weighted by Gasteiger charge is 2.43. The molecule has 2 aromatic carbocycles. The van der Waals surface area contributed by atoms with E-state index >= 15 is 0 Å². The SMILES string of the molecule is COC(=O)C1(NC(=O)Nc2ccc(-c3ccccn3)cc2)CCN(Cc2ccc(N3CCCC3)cc2)CC1. The van der Waals surface area contributed by atoms with Gasteiger partial charge in [0.15, 0.2) is 0 Å². The van der Waals surface area contributed by atoms with E-state index in [1.807, 2.05) is 42.5 Å². The van der Waals surface area contributed by atoms with Gasteiger partial charge in [-0.15, -0.1) is 0 Å². The van der Waals surface area contributed by atoms with E-state index in [0.717, 1.165) is 30.9 Å². The molecule has 3 heterocycles. The van der Waals surface area contributed by atoms with Gasteiger partial charge in [-0.25, -0.2) is 9.59 Å². The largest absolute Gasteiger partial charge is 0.467 e. The number of hydrogen-bond acceptors (Lipinski definition) is 6. The first-order valence-corrected chi connectivity index (χ1v) is 13.3. The second-order valence-corrected chi connectivity index (χ2v) is 10.1. The molecule has 1 aromatic heterocycles. The zero-order chi connectivity index (χ0) is 26.4. The topological polar surface area (TPSA) is 86.8 Å². The number of esters is 1. The Labute approximate surface area is 224 Å². The summed E-state index contributed by atoms with van der Waals surface area (Å²) >= 11 is 0. The van der Waals surface area contributed by atoms with Crippen molar-refractivity contribution < 1.29 is 14.3 Å². The predicted octanol–water partition coefficient (Wildman–Crippen LogP) is 4.68. The van der Waals surface area contributed by atoms with Crippen LogP contribution in [0.5, 0.6) is 0 Å². The van der Waals surface area contributed by atoms with Crippen molar-refractivity contribution in [2.75, 3.05) is 43.5 Å². The number of rotatable bonds is 7. The Morgan fingerprint density at radius 3 is 2.26 bits per heavy atom. The normalized spacial score (nSPS) is 17.1. The van der Waals surface area contributed by atoms with Crippen LogP contribution in [0, 0.1) is 0 Å². The molecule has 0 spiro atoms. The summed E-state index contributed by atoms with van der Waals surface area (Å²) in [7, 11) is 1.37. The zero-order valence-corrected chi connectivity index (χ0v) is 21.9. The van der Waals surface area contributed by atoms with Gasteiger partial charge in [0.1, 0.15) is 5.54 Å². The van der Waals surface area contributed by atoms with Crippen LogP contribution in [0.15, 0.2) is 72.9 Å². The molecule has 2 aliphatic heterocycles. The Kier molecular flexibility index (Phi) is 7.89. The van der Waals surface area contributed by atoms with Crippen molar-refractivity contribution >= 4 is 23.4 Å². The van der Waals surface area contributed by atoms with Crippen molar-refractivity contribution in [2.45, 2.75) is 37.8 Å². The molecule has 0 radical (unpaired) electrons. The van der Waals surface area contributed by atoms with Crippen LogP contribution in [-0.2, 0) is 16.1 Å². The monoisotopic (exact) mass is 513 g/mol. The fourth-order valence-electron chi connectivity index (χ4n) is 5.35. The average molecular weight is 514 g/mol. The van der Waals surface area contributed by atoms with Crippen molar-refractivity contribution in [3.05, 3.63) is 78.5 Å². The van der Waals surface area contributed by atoms with Gasteiger partial charge in [0.2, 0.25) is 0 Å². The van der Waals surface area contributed by atoms with Crippen LogP contribution >= 0.6 is 0 Å². The second-order valence-electron chi connectivity index (χ2n) is 10.1. The molecule has 2 N–H and O–H groups in total. The van der Waals surface area contributed by atoms with Gasteiger partial charge in [-0.1, -0.05) is 30.3 Å². The molecule has 8 nitrogen and oxygen atoms in total. The highest BCUT2D eigenvalue weighted by molar-refractivity contribution is 5.94. The lowest BCUT2D eigenvalue weighted by Gasteiger charge is -2.40. The number of nitrogens with zero attached hydrogens (tertiary/aromatic N) is 3. The minimum absolute atomic E-state index is 0.409. The van der Waals surface area contributed by atoms with Gasteiger partial charge >= 0.3 is 12.0 Å². The summed E-state index contributed by atoms with van der Waals surface area (Å²) in [5.41, 5.74) is 3.94. The molecule has 0 saturated carbocycles. The van der Waals surface area contributed by atoms with Crippen LogP contribution in [0.25, 0.3) is 11.3 Å². The number of urea groups is 1. The molecule has 2 aliphatic rings. The Bertz CT molecular complexity index is 1220. The molecule has 2 amide bonds.